The van der Waals surface area contributed by atoms with Gasteiger partial charge >= 0.3 is 0 Å². The third kappa shape index (κ3) is 3.57. The zero-order valence-corrected chi connectivity index (χ0v) is 8.56. The van der Waals surface area contributed by atoms with Gasteiger partial charge in [0.05, 0.1) is 0 Å². The smallest absolute Gasteiger partial charge is 0.0242 e. The van der Waals surface area contributed by atoms with E-state index in [-0.39, 0.29) is 4.32 Å². The summed E-state index contributed by atoms with van der Waals surface area (Å²) in [6.07, 6.45) is 1.08. The molecule has 0 atom stereocenters. The van der Waals surface area contributed by atoms with E-state index in [9.17, 15) is 0 Å². The molecule has 0 aliphatic carbocycles. The first-order valence-corrected chi connectivity index (χ1v) is 4.60. The maximum Gasteiger partial charge on any atom is 0.0242 e. The summed E-state index contributed by atoms with van der Waals surface area (Å²) in [5, 5.41) is 0. The Morgan fingerprint density at radius 2 is 1.73 bits per heavy atom. The maximum atomic E-state index is 3.62. The molecule has 0 radical (unpaired) electrons. The summed E-state index contributed by atoms with van der Waals surface area (Å²) in [6, 6.07) is 10.5. The number of benzene rings is 1. The minimum absolute atomic E-state index is 0.217. The van der Waals surface area contributed by atoms with E-state index in [1.54, 1.807) is 0 Å². The number of rotatable bonds is 2. The predicted octanol–water partition coefficient (Wildman–Crippen LogP) is 3.40. The van der Waals surface area contributed by atoms with Gasteiger partial charge in [0.1, 0.15) is 0 Å². The molecule has 0 amide bonds. The molecule has 1 aromatic rings. The van der Waals surface area contributed by atoms with Crippen LogP contribution in [-0.4, -0.2) is 4.32 Å². The van der Waals surface area contributed by atoms with E-state index >= 15 is 0 Å². The van der Waals surface area contributed by atoms with Crippen LogP contribution < -0.4 is 0 Å². The van der Waals surface area contributed by atoms with Crippen molar-refractivity contribution in [3.8, 4) is 0 Å². The lowest BCUT2D eigenvalue weighted by Gasteiger charge is -2.15. The largest absolute Gasteiger partial charge is 0.0856 e. The molecule has 0 aromatic heterocycles. The summed E-state index contributed by atoms with van der Waals surface area (Å²) >= 11 is 3.62. The van der Waals surface area contributed by atoms with Gasteiger partial charge in [0, 0.05) is 4.32 Å². The molecule has 60 valence electrons. The van der Waals surface area contributed by atoms with Gasteiger partial charge in [-0.25, -0.2) is 0 Å². The van der Waals surface area contributed by atoms with Crippen LogP contribution in [0.25, 0.3) is 0 Å². The van der Waals surface area contributed by atoms with Crippen LogP contribution in [-0.2, 0) is 6.42 Å². The molecule has 0 saturated carbocycles. The lowest BCUT2D eigenvalue weighted by atomic mass is 10.0. The molecule has 1 rings (SSSR count). The Labute approximate surface area is 76.8 Å². The van der Waals surface area contributed by atoms with E-state index in [4.69, 9.17) is 0 Å². The van der Waals surface area contributed by atoms with Crippen molar-refractivity contribution < 1.29 is 0 Å². The molecule has 0 nitrogen and oxygen atoms in total. The van der Waals surface area contributed by atoms with Crippen molar-refractivity contribution in [3.63, 3.8) is 0 Å². The van der Waals surface area contributed by atoms with E-state index in [1.807, 2.05) is 6.07 Å². The second kappa shape index (κ2) is 3.40. The molecule has 0 saturated heterocycles. The van der Waals surface area contributed by atoms with E-state index < -0.39 is 0 Å². The second-order valence-corrected chi connectivity index (χ2v) is 5.53. The molecule has 0 bridgehead atoms. The van der Waals surface area contributed by atoms with Crippen LogP contribution >= 0.6 is 15.9 Å². The molecule has 0 aliphatic rings. The molecule has 0 fully saturated rings. The fourth-order valence-corrected chi connectivity index (χ4v) is 1.41. The van der Waals surface area contributed by atoms with Gasteiger partial charge in [0.2, 0.25) is 0 Å². The standard InChI is InChI=1S/C10H13Br/c1-10(2,11)8-9-6-4-3-5-7-9/h3-7H,8H2,1-2H3. The van der Waals surface area contributed by atoms with Gasteiger partial charge in [-0.2, -0.15) is 0 Å². The summed E-state index contributed by atoms with van der Waals surface area (Å²) in [6.45, 7) is 4.36. The number of halogens is 1. The highest BCUT2D eigenvalue weighted by atomic mass is 79.9. The van der Waals surface area contributed by atoms with E-state index in [0.29, 0.717) is 0 Å². The third-order valence-corrected chi connectivity index (χ3v) is 1.75. The molecule has 0 heterocycles. The van der Waals surface area contributed by atoms with Crippen LogP contribution in [0.1, 0.15) is 19.4 Å². The Kier molecular flexibility index (Phi) is 2.72. The Hall–Kier alpha value is -0.300. The highest BCUT2D eigenvalue weighted by molar-refractivity contribution is 9.10. The predicted molar refractivity (Wildman–Crippen MR) is 53.2 cm³/mol. The first-order chi connectivity index (χ1) is 5.08. The van der Waals surface area contributed by atoms with Crippen molar-refractivity contribution in [2.45, 2.75) is 24.6 Å². The molecule has 0 N–H and O–H groups in total. The van der Waals surface area contributed by atoms with Crippen LogP contribution in [0, 0.1) is 0 Å². The van der Waals surface area contributed by atoms with Gasteiger partial charge in [-0.1, -0.05) is 46.3 Å². The molecule has 0 spiro atoms. The minimum Gasteiger partial charge on any atom is -0.0856 e. The highest BCUT2D eigenvalue weighted by Crippen LogP contribution is 2.21. The van der Waals surface area contributed by atoms with Crippen molar-refractivity contribution in [3.05, 3.63) is 35.9 Å². The molecular formula is C10H13Br. The molecular weight excluding hydrogens is 200 g/mol. The molecule has 1 aromatic carbocycles. The summed E-state index contributed by atoms with van der Waals surface area (Å²) in [5.41, 5.74) is 1.38. The quantitative estimate of drug-likeness (QED) is 0.660. The first-order valence-electron chi connectivity index (χ1n) is 3.81. The molecule has 11 heavy (non-hydrogen) atoms. The summed E-state index contributed by atoms with van der Waals surface area (Å²) in [7, 11) is 0. The van der Waals surface area contributed by atoms with Crippen LogP contribution in [0.2, 0.25) is 0 Å². The Morgan fingerprint density at radius 3 is 2.18 bits per heavy atom. The number of hydrogen-bond acceptors (Lipinski definition) is 0. The fourth-order valence-electron chi connectivity index (χ4n) is 1.08. The molecule has 1 heteroatoms. The summed E-state index contributed by atoms with van der Waals surface area (Å²) in [4.78, 5) is 0. The van der Waals surface area contributed by atoms with E-state index in [0.717, 1.165) is 6.42 Å². The summed E-state index contributed by atoms with van der Waals surface area (Å²) in [5.74, 6) is 0. The normalized spacial score (nSPS) is 11.5. The van der Waals surface area contributed by atoms with Crippen LogP contribution in [0.4, 0.5) is 0 Å². The second-order valence-electron chi connectivity index (χ2n) is 3.38. The molecule has 0 unspecified atom stereocenters. The van der Waals surface area contributed by atoms with Crippen molar-refractivity contribution in [1.82, 2.24) is 0 Å². The zero-order chi connectivity index (χ0) is 8.32. The molecule has 0 aliphatic heterocycles. The summed E-state index contributed by atoms with van der Waals surface area (Å²) < 4.78 is 0.217. The van der Waals surface area contributed by atoms with E-state index in [2.05, 4.69) is 54.0 Å². The van der Waals surface area contributed by atoms with Gasteiger partial charge < -0.3 is 0 Å². The van der Waals surface area contributed by atoms with Crippen molar-refractivity contribution >= 4 is 15.9 Å². The topological polar surface area (TPSA) is 0 Å². The van der Waals surface area contributed by atoms with Gasteiger partial charge in [-0.3, -0.25) is 0 Å². The van der Waals surface area contributed by atoms with Crippen LogP contribution in [0.5, 0.6) is 0 Å². The van der Waals surface area contributed by atoms with Crippen LogP contribution in [0.3, 0.4) is 0 Å². The van der Waals surface area contributed by atoms with Crippen molar-refractivity contribution in [1.29, 1.82) is 0 Å². The van der Waals surface area contributed by atoms with E-state index in [1.165, 1.54) is 5.56 Å². The Balaban J connectivity index is 2.66. The lowest BCUT2D eigenvalue weighted by molar-refractivity contribution is 0.725. The Bertz CT molecular complexity index is 208. The van der Waals surface area contributed by atoms with Crippen molar-refractivity contribution in [2.24, 2.45) is 0 Å². The fraction of sp³-hybridized carbons (Fsp3) is 0.400. The van der Waals surface area contributed by atoms with Gasteiger partial charge in [0.25, 0.3) is 0 Å². The maximum absolute atomic E-state index is 3.62. The van der Waals surface area contributed by atoms with Gasteiger partial charge in [-0.05, 0) is 25.8 Å². The monoisotopic (exact) mass is 212 g/mol. The van der Waals surface area contributed by atoms with Gasteiger partial charge in [-0.15, -0.1) is 0 Å². The lowest BCUT2D eigenvalue weighted by Crippen LogP contribution is -2.12. The van der Waals surface area contributed by atoms with Crippen LogP contribution in [0.15, 0.2) is 30.3 Å². The third-order valence-electron chi connectivity index (χ3n) is 1.47. The minimum atomic E-state index is 0.217. The highest BCUT2D eigenvalue weighted by Gasteiger charge is 2.12. The number of hydrogen-bond donors (Lipinski definition) is 0. The number of alkyl halides is 1. The first kappa shape index (κ1) is 8.79. The average Bonchev–Trinajstić information content (AvgIpc) is 1.85. The average molecular weight is 213 g/mol. The Morgan fingerprint density at radius 1 is 1.18 bits per heavy atom. The van der Waals surface area contributed by atoms with Crippen molar-refractivity contribution in [2.75, 3.05) is 0 Å². The zero-order valence-electron chi connectivity index (χ0n) is 6.97. The van der Waals surface area contributed by atoms with Gasteiger partial charge in [0.15, 0.2) is 0 Å². The SMILES string of the molecule is CC(C)(Br)Cc1ccccc1.